The van der Waals surface area contributed by atoms with Crippen LogP contribution < -0.4 is 5.32 Å². The molecule has 8 heteroatoms. The van der Waals surface area contributed by atoms with Gasteiger partial charge < -0.3 is 5.32 Å². The first-order valence-electron chi connectivity index (χ1n) is 6.07. The number of nitrogens with zero attached hydrogens (tertiary/aromatic N) is 2. The third kappa shape index (κ3) is 4.52. The van der Waals surface area contributed by atoms with E-state index in [0.29, 0.717) is 10.7 Å². The van der Waals surface area contributed by atoms with Crippen molar-refractivity contribution in [1.29, 1.82) is 0 Å². The lowest BCUT2D eigenvalue weighted by atomic mass is 10.2. The third-order valence-electron chi connectivity index (χ3n) is 2.59. The van der Waals surface area contributed by atoms with Crippen molar-refractivity contribution in [3.63, 3.8) is 0 Å². The Bertz CT molecular complexity index is 613. The number of hydrogen-bond acceptors (Lipinski definition) is 4. The number of aromatic nitrogens is 2. The van der Waals surface area contributed by atoms with E-state index in [0.717, 1.165) is 5.56 Å². The largest absolute Gasteiger partial charge is 0.397 e. The Balaban J connectivity index is 2.03. The molecule has 0 saturated carbocycles. The topological polar surface area (TPSA) is 54.9 Å². The molecule has 2 rings (SSSR count). The number of rotatable bonds is 4. The monoisotopic (exact) mass is 315 g/mol. The Morgan fingerprint density at radius 3 is 2.86 bits per heavy atom. The molecule has 0 bridgehead atoms. The van der Waals surface area contributed by atoms with E-state index in [-0.39, 0.29) is 0 Å². The quantitative estimate of drug-likeness (QED) is 0.941. The summed E-state index contributed by atoms with van der Waals surface area (Å²) in [5.41, 5.74) is 1.49. The summed E-state index contributed by atoms with van der Waals surface area (Å²) < 4.78 is 36.3. The van der Waals surface area contributed by atoms with Gasteiger partial charge in [0, 0.05) is 23.3 Å². The average Bonchev–Trinajstić information content (AvgIpc) is 2.87. The summed E-state index contributed by atoms with van der Waals surface area (Å²) in [7, 11) is 0. The number of pyridine rings is 1. The van der Waals surface area contributed by atoms with E-state index in [4.69, 9.17) is 0 Å². The van der Waals surface area contributed by atoms with Crippen LogP contribution in [0, 0.1) is 0 Å². The number of alkyl halides is 3. The van der Waals surface area contributed by atoms with Crippen LogP contribution in [-0.4, -0.2) is 22.1 Å². The predicted octanol–water partition coefficient (Wildman–Crippen LogP) is 3.33. The van der Waals surface area contributed by atoms with Gasteiger partial charge in [0.1, 0.15) is 11.4 Å². The second-order valence-corrected chi connectivity index (χ2v) is 5.28. The molecule has 2 heterocycles. The molecule has 0 saturated heterocycles. The number of hydrogen-bond donors (Lipinski definition) is 1. The summed E-state index contributed by atoms with van der Waals surface area (Å²) in [5.74, 6) is -1.06. The normalized spacial score (nSPS) is 13.0. The van der Waals surface area contributed by atoms with Crippen molar-refractivity contribution < 1.29 is 18.0 Å². The fraction of sp³-hybridized carbons (Fsp3) is 0.308. The highest BCUT2D eigenvalue weighted by molar-refractivity contribution is 7.10. The minimum atomic E-state index is -4.51. The molecule has 0 spiro atoms. The molecular weight excluding hydrogens is 303 g/mol. The molecule has 0 aromatic carbocycles. The van der Waals surface area contributed by atoms with E-state index < -0.39 is 24.5 Å². The number of thiazole rings is 1. The van der Waals surface area contributed by atoms with Crippen LogP contribution in [0.3, 0.4) is 0 Å². The van der Waals surface area contributed by atoms with Crippen LogP contribution in [0.15, 0.2) is 29.9 Å². The number of carbonyl (C=O) groups is 1. The van der Waals surface area contributed by atoms with Crippen LogP contribution in [0.5, 0.6) is 0 Å². The maximum Gasteiger partial charge on any atom is 0.397 e. The van der Waals surface area contributed by atoms with Gasteiger partial charge in [-0.2, -0.15) is 13.2 Å². The zero-order valence-electron chi connectivity index (χ0n) is 11.0. The van der Waals surface area contributed by atoms with Gasteiger partial charge in [-0.15, -0.1) is 11.3 Å². The number of carbonyl (C=O) groups excluding carboxylic acids is 1. The number of halogens is 3. The fourth-order valence-corrected chi connectivity index (χ4v) is 2.50. The lowest BCUT2D eigenvalue weighted by Crippen LogP contribution is -2.30. The molecule has 0 radical (unpaired) electrons. The van der Waals surface area contributed by atoms with E-state index in [2.05, 4.69) is 15.3 Å². The molecule has 0 fully saturated rings. The van der Waals surface area contributed by atoms with Gasteiger partial charge in [-0.1, -0.05) is 0 Å². The zero-order valence-corrected chi connectivity index (χ0v) is 11.8. The lowest BCUT2D eigenvalue weighted by Gasteiger charge is -2.12. The zero-order chi connectivity index (χ0) is 15.5. The van der Waals surface area contributed by atoms with Gasteiger partial charge in [-0.05, 0) is 19.1 Å². The minimum absolute atomic E-state index is 0.546. The van der Waals surface area contributed by atoms with E-state index in [9.17, 15) is 18.0 Å². The predicted molar refractivity (Wildman–Crippen MR) is 72.6 cm³/mol. The Morgan fingerprint density at radius 2 is 2.24 bits per heavy atom. The van der Waals surface area contributed by atoms with Crippen molar-refractivity contribution in [3.05, 3.63) is 34.9 Å². The van der Waals surface area contributed by atoms with Gasteiger partial charge in [-0.25, -0.2) is 4.98 Å². The SMILES string of the molecule is CC(NC(=O)CC(F)(F)F)c1nc(-c2cccnc2)cs1. The molecule has 2 aromatic heterocycles. The molecule has 4 nitrogen and oxygen atoms in total. The molecule has 0 aliphatic carbocycles. The molecule has 2 aromatic rings. The molecule has 0 aliphatic heterocycles. The van der Waals surface area contributed by atoms with Gasteiger partial charge >= 0.3 is 6.18 Å². The van der Waals surface area contributed by atoms with Crippen molar-refractivity contribution in [3.8, 4) is 11.3 Å². The summed E-state index contributed by atoms with van der Waals surface area (Å²) >= 11 is 1.28. The van der Waals surface area contributed by atoms with Crippen LogP contribution >= 0.6 is 11.3 Å². The van der Waals surface area contributed by atoms with Crippen molar-refractivity contribution in [2.75, 3.05) is 0 Å². The highest BCUT2D eigenvalue weighted by Gasteiger charge is 2.31. The smallest absolute Gasteiger partial charge is 0.347 e. The highest BCUT2D eigenvalue weighted by atomic mass is 32.1. The molecule has 0 aliphatic rings. The Kier molecular flexibility index (Phi) is 4.56. The van der Waals surface area contributed by atoms with Crippen molar-refractivity contribution in [2.24, 2.45) is 0 Å². The summed E-state index contributed by atoms with van der Waals surface area (Å²) in [4.78, 5) is 19.5. The number of nitrogens with one attached hydrogen (secondary N) is 1. The van der Waals surface area contributed by atoms with Crippen LogP contribution in [0.25, 0.3) is 11.3 Å². The Labute approximate surface area is 123 Å². The van der Waals surface area contributed by atoms with Gasteiger partial charge in [0.2, 0.25) is 5.91 Å². The molecule has 1 N–H and O–H groups in total. The van der Waals surface area contributed by atoms with E-state index >= 15 is 0 Å². The summed E-state index contributed by atoms with van der Waals surface area (Å²) in [6.45, 7) is 1.60. The van der Waals surface area contributed by atoms with E-state index in [1.165, 1.54) is 11.3 Å². The van der Waals surface area contributed by atoms with Crippen LogP contribution in [0.4, 0.5) is 13.2 Å². The molecule has 1 atom stereocenters. The van der Waals surface area contributed by atoms with Crippen LogP contribution in [0.2, 0.25) is 0 Å². The van der Waals surface area contributed by atoms with Crippen molar-refractivity contribution in [1.82, 2.24) is 15.3 Å². The Morgan fingerprint density at radius 1 is 1.48 bits per heavy atom. The van der Waals surface area contributed by atoms with Crippen molar-refractivity contribution in [2.45, 2.75) is 25.6 Å². The summed E-state index contributed by atoms with van der Waals surface area (Å²) in [6.07, 6.45) is -2.71. The first-order chi connectivity index (χ1) is 9.85. The van der Waals surface area contributed by atoms with E-state index in [1.54, 1.807) is 30.8 Å². The minimum Gasteiger partial charge on any atom is -0.347 e. The first-order valence-corrected chi connectivity index (χ1v) is 6.95. The first kappa shape index (κ1) is 15.4. The number of amides is 1. The van der Waals surface area contributed by atoms with Gasteiger partial charge in [0.25, 0.3) is 0 Å². The molecular formula is C13H12F3N3OS. The van der Waals surface area contributed by atoms with E-state index in [1.807, 2.05) is 6.07 Å². The lowest BCUT2D eigenvalue weighted by molar-refractivity contribution is -0.154. The van der Waals surface area contributed by atoms with Gasteiger partial charge in [0.15, 0.2) is 0 Å². The highest BCUT2D eigenvalue weighted by Crippen LogP contribution is 2.25. The Hall–Kier alpha value is -1.96. The van der Waals surface area contributed by atoms with Crippen LogP contribution in [0.1, 0.15) is 24.4 Å². The van der Waals surface area contributed by atoms with Crippen molar-refractivity contribution >= 4 is 17.2 Å². The third-order valence-corrected chi connectivity index (χ3v) is 3.62. The maximum atomic E-state index is 12.1. The second kappa shape index (κ2) is 6.21. The van der Waals surface area contributed by atoms with Crippen LogP contribution in [-0.2, 0) is 4.79 Å². The molecule has 21 heavy (non-hydrogen) atoms. The summed E-state index contributed by atoms with van der Waals surface area (Å²) in [6, 6.07) is 3.03. The molecule has 112 valence electrons. The summed E-state index contributed by atoms with van der Waals surface area (Å²) in [5, 5.41) is 4.61. The molecule has 1 unspecified atom stereocenters. The fourth-order valence-electron chi connectivity index (χ4n) is 1.67. The van der Waals surface area contributed by atoms with Gasteiger partial charge in [-0.3, -0.25) is 9.78 Å². The second-order valence-electron chi connectivity index (χ2n) is 4.39. The average molecular weight is 315 g/mol. The van der Waals surface area contributed by atoms with Gasteiger partial charge in [0.05, 0.1) is 11.7 Å². The molecule has 1 amide bonds. The maximum absolute atomic E-state index is 12.1. The standard InChI is InChI=1S/C13H12F3N3OS/c1-8(18-11(20)5-13(14,15)16)12-19-10(7-21-12)9-3-2-4-17-6-9/h2-4,6-8H,5H2,1H3,(H,18,20).